The Morgan fingerprint density at radius 3 is 2.54 bits per heavy atom. The van der Waals surface area contributed by atoms with Crippen molar-refractivity contribution in [1.82, 2.24) is 15.0 Å². The standard InChI is InChI=1S/C22H26N4O2/c1-25(2)18-10-8-17(9-11-18)14-26-15-19(27)13-20(26)22-23-21(24-28-22)12-16-6-4-3-5-7-16/h3-11,19-20,27H,12-15H2,1-2H3/t19-,20+/m1/s1. The third-order valence-electron chi connectivity index (χ3n) is 5.19. The molecule has 28 heavy (non-hydrogen) atoms. The van der Waals surface area contributed by atoms with Crippen LogP contribution in [0.1, 0.15) is 35.3 Å². The van der Waals surface area contributed by atoms with Crippen molar-refractivity contribution in [3.63, 3.8) is 0 Å². The number of anilines is 1. The van der Waals surface area contributed by atoms with Gasteiger partial charge >= 0.3 is 0 Å². The molecule has 6 nitrogen and oxygen atoms in total. The smallest absolute Gasteiger partial charge is 0.244 e. The van der Waals surface area contributed by atoms with Crippen molar-refractivity contribution in [2.75, 3.05) is 25.5 Å². The molecular formula is C22H26N4O2. The summed E-state index contributed by atoms with van der Waals surface area (Å²) in [5.74, 6) is 1.27. The van der Waals surface area contributed by atoms with E-state index in [0.717, 1.165) is 12.1 Å². The summed E-state index contributed by atoms with van der Waals surface area (Å²) in [6.07, 6.45) is 0.879. The van der Waals surface area contributed by atoms with Gasteiger partial charge in [-0.25, -0.2) is 0 Å². The first kappa shape index (κ1) is 18.7. The molecule has 0 radical (unpaired) electrons. The topological polar surface area (TPSA) is 65.6 Å². The zero-order valence-electron chi connectivity index (χ0n) is 16.3. The zero-order valence-corrected chi connectivity index (χ0v) is 16.3. The number of hydrogen-bond donors (Lipinski definition) is 1. The summed E-state index contributed by atoms with van der Waals surface area (Å²) in [6, 6.07) is 18.5. The van der Waals surface area contributed by atoms with Gasteiger partial charge in [-0.3, -0.25) is 4.90 Å². The molecule has 0 spiro atoms. The van der Waals surface area contributed by atoms with Gasteiger partial charge in [-0.15, -0.1) is 0 Å². The summed E-state index contributed by atoms with van der Waals surface area (Å²) in [5.41, 5.74) is 3.53. The van der Waals surface area contributed by atoms with Crippen molar-refractivity contribution in [2.45, 2.75) is 31.5 Å². The molecule has 1 aliphatic heterocycles. The number of aliphatic hydroxyl groups is 1. The lowest BCUT2D eigenvalue weighted by Gasteiger charge is -2.21. The molecule has 2 aromatic carbocycles. The summed E-state index contributed by atoms with van der Waals surface area (Å²) in [5, 5.41) is 14.4. The summed E-state index contributed by atoms with van der Waals surface area (Å²) in [6.45, 7) is 1.35. The van der Waals surface area contributed by atoms with Crippen LogP contribution in [0.3, 0.4) is 0 Å². The molecule has 1 aliphatic rings. The number of likely N-dealkylation sites (tertiary alicyclic amines) is 1. The summed E-state index contributed by atoms with van der Waals surface area (Å²) >= 11 is 0. The van der Waals surface area contributed by atoms with Gasteiger partial charge in [-0.05, 0) is 29.7 Å². The van der Waals surface area contributed by atoms with Crippen LogP contribution in [0.5, 0.6) is 0 Å². The predicted octanol–water partition coefficient (Wildman–Crippen LogP) is 3.03. The van der Waals surface area contributed by atoms with Crippen LogP contribution < -0.4 is 4.90 Å². The minimum Gasteiger partial charge on any atom is -0.392 e. The highest BCUT2D eigenvalue weighted by atomic mass is 16.5. The fraction of sp³-hybridized carbons (Fsp3) is 0.364. The van der Waals surface area contributed by atoms with Gasteiger partial charge in [0.2, 0.25) is 5.89 Å². The van der Waals surface area contributed by atoms with Gasteiger partial charge in [-0.1, -0.05) is 47.6 Å². The molecule has 0 bridgehead atoms. The van der Waals surface area contributed by atoms with Crippen molar-refractivity contribution < 1.29 is 9.63 Å². The average Bonchev–Trinajstić information content (AvgIpc) is 3.29. The van der Waals surface area contributed by atoms with E-state index in [2.05, 4.69) is 56.3 Å². The van der Waals surface area contributed by atoms with Crippen LogP contribution in [0.2, 0.25) is 0 Å². The molecule has 0 saturated carbocycles. The Bertz CT molecular complexity index is 892. The van der Waals surface area contributed by atoms with Crippen LogP contribution >= 0.6 is 0 Å². The highest BCUT2D eigenvalue weighted by Crippen LogP contribution is 2.33. The molecule has 2 atom stereocenters. The molecule has 146 valence electrons. The quantitative estimate of drug-likeness (QED) is 0.711. The third-order valence-corrected chi connectivity index (χ3v) is 5.19. The van der Waals surface area contributed by atoms with E-state index in [4.69, 9.17) is 4.52 Å². The van der Waals surface area contributed by atoms with Crippen LogP contribution in [0.4, 0.5) is 5.69 Å². The van der Waals surface area contributed by atoms with Gasteiger partial charge in [-0.2, -0.15) is 4.98 Å². The minimum absolute atomic E-state index is 0.0550. The zero-order chi connectivity index (χ0) is 19.5. The molecule has 4 rings (SSSR count). The van der Waals surface area contributed by atoms with E-state index in [1.807, 2.05) is 32.3 Å². The summed E-state index contributed by atoms with van der Waals surface area (Å²) < 4.78 is 5.57. The fourth-order valence-electron chi connectivity index (χ4n) is 3.70. The second-order valence-electron chi connectivity index (χ2n) is 7.61. The highest BCUT2D eigenvalue weighted by molar-refractivity contribution is 5.46. The van der Waals surface area contributed by atoms with Crippen LogP contribution in [0.15, 0.2) is 59.1 Å². The number of benzene rings is 2. The first-order chi connectivity index (χ1) is 13.6. The van der Waals surface area contributed by atoms with E-state index in [9.17, 15) is 5.11 Å². The Balaban J connectivity index is 1.47. The lowest BCUT2D eigenvalue weighted by molar-refractivity contribution is 0.169. The maximum atomic E-state index is 10.2. The average molecular weight is 378 g/mol. The van der Waals surface area contributed by atoms with E-state index in [-0.39, 0.29) is 12.1 Å². The molecule has 0 aliphatic carbocycles. The molecule has 1 saturated heterocycles. The largest absolute Gasteiger partial charge is 0.392 e. The number of rotatable bonds is 6. The maximum absolute atomic E-state index is 10.2. The maximum Gasteiger partial charge on any atom is 0.244 e. The second kappa shape index (κ2) is 8.12. The molecule has 2 heterocycles. The first-order valence-corrected chi connectivity index (χ1v) is 9.63. The van der Waals surface area contributed by atoms with Crippen molar-refractivity contribution in [1.29, 1.82) is 0 Å². The van der Waals surface area contributed by atoms with Gasteiger partial charge < -0.3 is 14.5 Å². The van der Waals surface area contributed by atoms with E-state index >= 15 is 0 Å². The summed E-state index contributed by atoms with van der Waals surface area (Å²) in [7, 11) is 4.06. The molecule has 0 unspecified atom stereocenters. The molecule has 1 aromatic heterocycles. The Kier molecular flexibility index (Phi) is 5.41. The number of β-amino-alcohol motifs (C(OH)–C–C–N with tert-alkyl or cyclic N) is 1. The SMILES string of the molecule is CN(C)c1ccc(CN2C[C@H](O)C[C@H]2c2nc(Cc3ccccc3)no2)cc1. The summed E-state index contributed by atoms with van der Waals surface area (Å²) in [4.78, 5) is 8.91. The van der Waals surface area contributed by atoms with Crippen LogP contribution in [-0.4, -0.2) is 46.9 Å². The Labute approximate surface area is 165 Å². The molecule has 0 amide bonds. The van der Waals surface area contributed by atoms with Crippen molar-refractivity contribution in [3.8, 4) is 0 Å². The molecule has 1 N–H and O–H groups in total. The molecular weight excluding hydrogens is 352 g/mol. The lowest BCUT2D eigenvalue weighted by atomic mass is 10.1. The first-order valence-electron chi connectivity index (χ1n) is 9.63. The normalized spacial score (nSPS) is 19.8. The minimum atomic E-state index is -0.379. The Hall–Kier alpha value is -2.70. The van der Waals surface area contributed by atoms with E-state index in [1.54, 1.807) is 0 Å². The monoisotopic (exact) mass is 378 g/mol. The molecule has 3 aromatic rings. The predicted molar refractivity (Wildman–Crippen MR) is 108 cm³/mol. The Morgan fingerprint density at radius 1 is 1.07 bits per heavy atom. The molecule has 6 heteroatoms. The van der Waals surface area contributed by atoms with Gasteiger partial charge in [0.15, 0.2) is 5.82 Å². The fourth-order valence-corrected chi connectivity index (χ4v) is 3.70. The lowest BCUT2D eigenvalue weighted by Crippen LogP contribution is -2.24. The number of aliphatic hydroxyl groups excluding tert-OH is 1. The van der Waals surface area contributed by atoms with E-state index in [0.29, 0.717) is 31.1 Å². The number of aromatic nitrogens is 2. The molecule has 1 fully saturated rings. The van der Waals surface area contributed by atoms with Gasteiger partial charge in [0.25, 0.3) is 0 Å². The van der Waals surface area contributed by atoms with Crippen molar-refractivity contribution >= 4 is 5.69 Å². The van der Waals surface area contributed by atoms with Gasteiger partial charge in [0.05, 0.1) is 12.1 Å². The Morgan fingerprint density at radius 2 is 1.82 bits per heavy atom. The second-order valence-corrected chi connectivity index (χ2v) is 7.61. The van der Waals surface area contributed by atoms with E-state index < -0.39 is 0 Å². The van der Waals surface area contributed by atoms with Crippen LogP contribution in [0.25, 0.3) is 0 Å². The third kappa shape index (κ3) is 4.24. The highest BCUT2D eigenvalue weighted by Gasteiger charge is 2.35. The number of hydrogen-bond acceptors (Lipinski definition) is 6. The number of nitrogens with zero attached hydrogens (tertiary/aromatic N) is 4. The van der Waals surface area contributed by atoms with Crippen molar-refractivity contribution in [2.24, 2.45) is 0 Å². The van der Waals surface area contributed by atoms with E-state index in [1.165, 1.54) is 11.3 Å². The van der Waals surface area contributed by atoms with Gasteiger partial charge in [0.1, 0.15) is 0 Å². The van der Waals surface area contributed by atoms with Crippen molar-refractivity contribution in [3.05, 3.63) is 77.4 Å². The van der Waals surface area contributed by atoms with Crippen LogP contribution in [-0.2, 0) is 13.0 Å². The van der Waals surface area contributed by atoms with Crippen LogP contribution in [0, 0.1) is 0 Å². The van der Waals surface area contributed by atoms with Gasteiger partial charge in [0, 0.05) is 39.3 Å².